The van der Waals surface area contributed by atoms with Crippen molar-refractivity contribution in [3.8, 4) is 0 Å². The summed E-state index contributed by atoms with van der Waals surface area (Å²) in [4.78, 5) is 44.1. The van der Waals surface area contributed by atoms with E-state index in [2.05, 4.69) is 10.2 Å². The number of hydrogen-bond acceptors (Lipinski definition) is 7. The van der Waals surface area contributed by atoms with E-state index in [0.29, 0.717) is 41.7 Å². The van der Waals surface area contributed by atoms with Crippen LogP contribution >= 0.6 is 11.8 Å². The number of carbonyl (C=O) groups excluding carboxylic acids is 3. The number of hydrogen-bond donors (Lipinski definition) is 1. The number of allylic oxidation sites excluding steroid dienone is 2. The first-order valence-electron chi connectivity index (χ1n) is 10.3. The van der Waals surface area contributed by atoms with Gasteiger partial charge in [0.05, 0.1) is 16.5 Å². The van der Waals surface area contributed by atoms with Gasteiger partial charge in [0, 0.05) is 45.2 Å². The molecule has 0 spiro atoms. The van der Waals surface area contributed by atoms with E-state index in [1.165, 1.54) is 30.7 Å². The third-order valence-corrected chi connectivity index (χ3v) is 6.95. The van der Waals surface area contributed by atoms with Crippen LogP contribution in [0.15, 0.2) is 22.4 Å². The second-order valence-electron chi connectivity index (χ2n) is 7.78. The first-order chi connectivity index (χ1) is 13.6. The van der Waals surface area contributed by atoms with Crippen molar-refractivity contribution >= 4 is 29.2 Å². The molecule has 4 rings (SSSR count). The van der Waals surface area contributed by atoms with Gasteiger partial charge in [-0.15, -0.1) is 0 Å². The molecule has 0 aromatic carbocycles. The lowest BCUT2D eigenvalue weighted by Gasteiger charge is -2.25. The van der Waals surface area contributed by atoms with Crippen LogP contribution in [0.4, 0.5) is 0 Å². The zero-order chi connectivity index (χ0) is 19.5. The highest BCUT2D eigenvalue weighted by Gasteiger charge is 2.36. The molecule has 0 radical (unpaired) electrons. The minimum Gasteiger partial charge on any atom is -0.380 e. The summed E-state index contributed by atoms with van der Waals surface area (Å²) in [5.74, 6) is 0.719. The molecule has 1 amide bonds. The second kappa shape index (κ2) is 8.69. The van der Waals surface area contributed by atoms with E-state index in [9.17, 15) is 14.4 Å². The first-order valence-corrected chi connectivity index (χ1v) is 11.3. The third kappa shape index (κ3) is 4.12. The van der Waals surface area contributed by atoms with Crippen LogP contribution in [-0.4, -0.2) is 83.9 Å². The van der Waals surface area contributed by atoms with E-state index >= 15 is 0 Å². The molecule has 3 aliphatic heterocycles. The number of nitrogens with zero attached hydrogens (tertiary/aromatic N) is 3. The minimum absolute atomic E-state index is 0.0690. The van der Waals surface area contributed by atoms with Crippen molar-refractivity contribution in [1.29, 1.82) is 0 Å². The summed E-state index contributed by atoms with van der Waals surface area (Å²) >= 11 is 1.45. The highest BCUT2D eigenvalue weighted by atomic mass is 32.2. The predicted octanol–water partition coefficient (Wildman–Crippen LogP) is 0.938. The molecule has 7 nitrogen and oxygen atoms in total. The highest BCUT2D eigenvalue weighted by Crippen LogP contribution is 2.37. The second-order valence-corrected chi connectivity index (χ2v) is 8.73. The van der Waals surface area contributed by atoms with E-state index in [0.717, 1.165) is 45.6 Å². The summed E-state index contributed by atoms with van der Waals surface area (Å²) in [6.45, 7) is 6.06. The van der Waals surface area contributed by atoms with Gasteiger partial charge in [-0.25, -0.2) is 0 Å². The number of ketones is 2. The Morgan fingerprint density at radius 3 is 2.50 bits per heavy atom. The molecule has 1 N–H and O–H groups in total. The van der Waals surface area contributed by atoms with E-state index in [1.807, 2.05) is 9.80 Å². The van der Waals surface area contributed by atoms with Crippen LogP contribution in [0, 0.1) is 0 Å². The van der Waals surface area contributed by atoms with Gasteiger partial charge in [-0.1, -0.05) is 11.8 Å². The van der Waals surface area contributed by atoms with E-state index in [1.54, 1.807) is 0 Å². The molecule has 2 saturated heterocycles. The van der Waals surface area contributed by atoms with E-state index in [-0.39, 0.29) is 17.5 Å². The highest BCUT2D eigenvalue weighted by molar-refractivity contribution is 8.04. The van der Waals surface area contributed by atoms with Crippen molar-refractivity contribution in [2.24, 2.45) is 0 Å². The molecule has 152 valence electrons. The molecule has 0 aromatic rings. The summed E-state index contributed by atoms with van der Waals surface area (Å²) in [6.07, 6.45) is 6.35. The molecule has 0 bridgehead atoms. The number of rotatable bonds is 8. The van der Waals surface area contributed by atoms with Crippen LogP contribution in [0.1, 0.15) is 32.1 Å². The predicted molar refractivity (Wildman–Crippen MR) is 108 cm³/mol. The van der Waals surface area contributed by atoms with Crippen molar-refractivity contribution in [1.82, 2.24) is 20.0 Å². The zero-order valence-corrected chi connectivity index (χ0v) is 17.1. The number of carbonyl (C=O) groups is 3. The molecular formula is C20H28N4O3S. The summed E-state index contributed by atoms with van der Waals surface area (Å²) < 4.78 is 0. The van der Waals surface area contributed by atoms with Crippen molar-refractivity contribution in [2.45, 2.75) is 32.1 Å². The van der Waals surface area contributed by atoms with Gasteiger partial charge in [0.2, 0.25) is 11.7 Å². The van der Waals surface area contributed by atoms with Crippen molar-refractivity contribution in [3.63, 3.8) is 0 Å². The molecule has 3 heterocycles. The topological polar surface area (TPSA) is 73.0 Å². The molecule has 4 aliphatic rings. The normalized spacial score (nSPS) is 23.1. The van der Waals surface area contributed by atoms with Crippen LogP contribution in [-0.2, 0) is 14.4 Å². The van der Waals surface area contributed by atoms with Gasteiger partial charge in [-0.3, -0.25) is 14.4 Å². The van der Waals surface area contributed by atoms with Crippen LogP contribution in [0.3, 0.4) is 0 Å². The largest absolute Gasteiger partial charge is 0.380 e. The summed E-state index contributed by atoms with van der Waals surface area (Å²) in [5.41, 5.74) is 0.971. The molecule has 0 unspecified atom stereocenters. The molecule has 0 saturated carbocycles. The maximum absolute atomic E-state index is 13.0. The maximum atomic E-state index is 13.0. The van der Waals surface area contributed by atoms with Gasteiger partial charge in [0.25, 0.3) is 0 Å². The van der Waals surface area contributed by atoms with Crippen molar-refractivity contribution in [3.05, 3.63) is 22.4 Å². The van der Waals surface area contributed by atoms with Crippen molar-refractivity contribution < 1.29 is 14.4 Å². The van der Waals surface area contributed by atoms with Crippen LogP contribution in [0.5, 0.6) is 0 Å². The quantitative estimate of drug-likeness (QED) is 0.604. The zero-order valence-electron chi connectivity index (χ0n) is 16.2. The summed E-state index contributed by atoms with van der Waals surface area (Å²) in [7, 11) is 0. The Morgan fingerprint density at radius 1 is 0.964 bits per heavy atom. The third-order valence-electron chi connectivity index (χ3n) is 5.82. The molecule has 0 atom stereocenters. The number of amides is 1. The number of thioether (sulfide) groups is 1. The van der Waals surface area contributed by atoms with Gasteiger partial charge in [0.15, 0.2) is 5.78 Å². The van der Waals surface area contributed by atoms with Gasteiger partial charge >= 0.3 is 0 Å². The fourth-order valence-corrected chi connectivity index (χ4v) is 5.40. The monoisotopic (exact) mass is 404 g/mol. The molecule has 8 heteroatoms. The average Bonchev–Trinajstić information content (AvgIpc) is 3.41. The Labute approximate surface area is 170 Å². The lowest BCUT2D eigenvalue weighted by atomic mass is 10.0. The number of nitrogens with one attached hydrogen (secondary N) is 1. The molecule has 28 heavy (non-hydrogen) atoms. The standard InChI is InChI=1S/C20H28N4O3S/c25-16-13-15(21-6-12-22-7-1-2-8-22)19(27)18-20(16)28-14-24(18)11-4-10-23-9-3-5-17(23)26/h13,21H,1-12,14H2. The summed E-state index contributed by atoms with van der Waals surface area (Å²) in [5, 5.41) is 3.19. The Hall–Kier alpha value is -1.80. The SMILES string of the molecule is O=C1C=C(NCCN2CCCC2)C(=O)C2=C1SCN2CCCN1CCCC1=O. The Bertz CT molecular complexity index is 727. The van der Waals surface area contributed by atoms with Gasteiger partial charge in [0.1, 0.15) is 5.70 Å². The fraction of sp³-hybridized carbons (Fsp3) is 0.650. The Balaban J connectivity index is 1.31. The number of likely N-dealkylation sites (tertiary alicyclic amines) is 2. The maximum Gasteiger partial charge on any atom is 0.226 e. The van der Waals surface area contributed by atoms with Gasteiger partial charge < -0.3 is 20.0 Å². The van der Waals surface area contributed by atoms with Gasteiger partial charge in [-0.2, -0.15) is 0 Å². The van der Waals surface area contributed by atoms with Crippen molar-refractivity contribution in [2.75, 3.05) is 51.7 Å². The lowest BCUT2D eigenvalue weighted by molar-refractivity contribution is -0.127. The van der Waals surface area contributed by atoms with Crippen LogP contribution in [0.25, 0.3) is 0 Å². The van der Waals surface area contributed by atoms with Gasteiger partial charge in [-0.05, 0) is 38.8 Å². The molecule has 0 aromatic heterocycles. The lowest BCUT2D eigenvalue weighted by Crippen LogP contribution is -2.37. The molecule has 1 aliphatic carbocycles. The molecule has 2 fully saturated rings. The molecular weight excluding hydrogens is 376 g/mol. The average molecular weight is 405 g/mol. The van der Waals surface area contributed by atoms with E-state index < -0.39 is 0 Å². The number of Topliss-reactive ketones (excluding diaryl/α,β-unsaturated/α-hetero) is 1. The summed E-state index contributed by atoms with van der Waals surface area (Å²) in [6, 6.07) is 0. The van der Waals surface area contributed by atoms with Crippen LogP contribution < -0.4 is 5.32 Å². The Kier molecular flexibility index (Phi) is 6.06. The Morgan fingerprint density at radius 2 is 1.75 bits per heavy atom. The minimum atomic E-state index is -0.0710. The van der Waals surface area contributed by atoms with Crippen LogP contribution in [0.2, 0.25) is 0 Å². The van der Waals surface area contributed by atoms with E-state index in [4.69, 9.17) is 0 Å². The first kappa shape index (κ1) is 19.5. The smallest absolute Gasteiger partial charge is 0.226 e. The fourth-order valence-electron chi connectivity index (χ4n) is 4.30.